The van der Waals surface area contributed by atoms with Gasteiger partial charge in [-0.3, -0.25) is 9.59 Å². The van der Waals surface area contributed by atoms with Crippen molar-refractivity contribution in [3.63, 3.8) is 0 Å². The van der Waals surface area contributed by atoms with E-state index in [2.05, 4.69) is 5.32 Å². The predicted molar refractivity (Wildman–Crippen MR) is 134 cm³/mol. The quantitative estimate of drug-likeness (QED) is 0.245. The molecule has 1 fully saturated rings. The molecule has 3 rings (SSSR count). The highest BCUT2D eigenvalue weighted by molar-refractivity contribution is 6.48. The maximum Gasteiger partial charge on any atom is 0.406 e. The number of alkyl halides is 6. The number of halogens is 11. The van der Waals surface area contributed by atoms with Gasteiger partial charge in [-0.2, -0.15) is 26.3 Å². The van der Waals surface area contributed by atoms with Gasteiger partial charge in [0.2, 0.25) is 5.91 Å². The largest absolute Gasteiger partial charge is 0.406 e. The topological polar surface area (TPSA) is 49.4 Å². The standard InChI is InChI=1S/C24H17Cl4F7N2O2/c1-37(10-23(30,31)32)21(39)22(4-5-22)36-20(38)13-3-2-11(6-15(13)25)18(29)9-14(24(33,34)35)12-7-16(26)19(28)17(27)8-12/h2-3,6-9,14H,4-5,10H2,1H3,(H,36,38). The van der Waals surface area contributed by atoms with E-state index in [0.717, 1.165) is 37.4 Å². The molecule has 0 saturated heterocycles. The van der Waals surface area contributed by atoms with Crippen LogP contribution in [0.4, 0.5) is 30.7 Å². The summed E-state index contributed by atoms with van der Waals surface area (Å²) in [6.07, 6.45) is -9.14. The smallest absolute Gasteiger partial charge is 0.338 e. The van der Waals surface area contributed by atoms with Crippen molar-refractivity contribution in [3.8, 4) is 0 Å². The molecular weight excluding hydrogens is 623 g/mol. The van der Waals surface area contributed by atoms with Gasteiger partial charge >= 0.3 is 12.4 Å². The molecule has 1 atom stereocenters. The molecule has 0 aliphatic heterocycles. The summed E-state index contributed by atoms with van der Waals surface area (Å²) >= 11 is 23.5. The summed E-state index contributed by atoms with van der Waals surface area (Å²) in [6, 6.07) is 4.70. The first-order chi connectivity index (χ1) is 17.8. The fraction of sp³-hybridized carbons (Fsp3) is 0.333. The Morgan fingerprint density at radius 1 is 1.00 bits per heavy atom. The average molecular weight is 640 g/mol. The number of nitrogens with one attached hydrogen (secondary N) is 1. The van der Waals surface area contributed by atoms with Crippen LogP contribution in [0, 0.1) is 0 Å². The molecule has 1 unspecified atom stereocenters. The second-order valence-corrected chi connectivity index (χ2v) is 10.4. The van der Waals surface area contributed by atoms with Crippen molar-refractivity contribution in [2.75, 3.05) is 13.6 Å². The molecule has 0 spiro atoms. The zero-order valence-corrected chi connectivity index (χ0v) is 22.6. The Morgan fingerprint density at radius 3 is 2.03 bits per heavy atom. The lowest BCUT2D eigenvalue weighted by Crippen LogP contribution is -2.51. The summed E-state index contributed by atoms with van der Waals surface area (Å²) in [6.45, 7) is -1.52. The van der Waals surface area contributed by atoms with Crippen LogP contribution in [0.2, 0.25) is 20.1 Å². The van der Waals surface area contributed by atoms with Crippen molar-refractivity contribution in [1.82, 2.24) is 10.2 Å². The van der Waals surface area contributed by atoms with E-state index in [1.165, 1.54) is 0 Å². The normalized spacial score (nSPS) is 16.1. The van der Waals surface area contributed by atoms with Crippen molar-refractivity contribution < 1.29 is 40.3 Å². The van der Waals surface area contributed by atoms with E-state index in [4.69, 9.17) is 46.4 Å². The average Bonchev–Trinajstić information content (AvgIpc) is 3.58. The fourth-order valence-corrected chi connectivity index (χ4v) is 4.61. The third-order valence-corrected chi connectivity index (χ3v) is 7.31. The molecule has 39 heavy (non-hydrogen) atoms. The highest BCUT2D eigenvalue weighted by Gasteiger charge is 2.53. The molecule has 2 amide bonds. The van der Waals surface area contributed by atoms with Gasteiger partial charge in [-0.05, 0) is 48.7 Å². The SMILES string of the molecule is CN(CC(F)(F)F)C(=O)C1(NC(=O)c2ccc(C(F)=CC(c3cc(Cl)c(Cl)c(Cl)c3)C(F)(F)F)cc2Cl)CC1. The number of hydrogen-bond donors (Lipinski definition) is 1. The Morgan fingerprint density at radius 2 is 1.56 bits per heavy atom. The Hall–Kier alpha value is -2.21. The maximum absolute atomic E-state index is 15.0. The minimum Gasteiger partial charge on any atom is -0.338 e. The van der Waals surface area contributed by atoms with E-state index in [9.17, 15) is 40.3 Å². The van der Waals surface area contributed by atoms with Crippen LogP contribution in [0.5, 0.6) is 0 Å². The lowest BCUT2D eigenvalue weighted by molar-refractivity contribution is -0.160. The Labute approximate surface area is 237 Å². The summed E-state index contributed by atoms with van der Waals surface area (Å²) in [4.78, 5) is 25.6. The van der Waals surface area contributed by atoms with Gasteiger partial charge in [-0.15, -0.1) is 0 Å². The van der Waals surface area contributed by atoms with Gasteiger partial charge in [0, 0.05) is 12.6 Å². The van der Waals surface area contributed by atoms with Crippen molar-refractivity contribution in [1.29, 1.82) is 0 Å². The number of likely N-dealkylation sites (N-methyl/N-ethyl adjacent to an activating group) is 1. The second-order valence-electron chi connectivity index (χ2n) is 8.84. The number of benzene rings is 2. The maximum atomic E-state index is 15.0. The van der Waals surface area contributed by atoms with E-state index in [-0.39, 0.29) is 44.6 Å². The van der Waals surface area contributed by atoms with Gasteiger partial charge in [0.15, 0.2) is 0 Å². The van der Waals surface area contributed by atoms with E-state index in [1.807, 2.05) is 0 Å². The second kappa shape index (κ2) is 11.3. The van der Waals surface area contributed by atoms with Crippen LogP contribution in [0.25, 0.3) is 5.83 Å². The van der Waals surface area contributed by atoms with Crippen molar-refractivity contribution in [2.24, 2.45) is 0 Å². The Balaban J connectivity index is 1.84. The van der Waals surface area contributed by atoms with Gasteiger partial charge in [-0.25, -0.2) is 4.39 Å². The molecule has 2 aromatic carbocycles. The molecule has 0 radical (unpaired) electrons. The first-order valence-electron chi connectivity index (χ1n) is 10.9. The van der Waals surface area contributed by atoms with Gasteiger partial charge in [-0.1, -0.05) is 52.5 Å². The zero-order valence-electron chi connectivity index (χ0n) is 19.6. The molecule has 0 heterocycles. The van der Waals surface area contributed by atoms with Gasteiger partial charge in [0.1, 0.15) is 23.8 Å². The van der Waals surface area contributed by atoms with Gasteiger partial charge in [0.25, 0.3) is 5.91 Å². The zero-order chi connectivity index (χ0) is 29.5. The lowest BCUT2D eigenvalue weighted by Gasteiger charge is -2.25. The number of rotatable bonds is 7. The van der Waals surface area contributed by atoms with Gasteiger partial charge in [0.05, 0.1) is 25.7 Å². The molecule has 1 aliphatic rings. The number of nitrogens with zero attached hydrogens (tertiary/aromatic N) is 1. The summed E-state index contributed by atoms with van der Waals surface area (Å²) in [5.74, 6) is -5.69. The van der Waals surface area contributed by atoms with E-state index >= 15 is 0 Å². The van der Waals surface area contributed by atoms with Crippen LogP contribution in [-0.2, 0) is 4.79 Å². The third-order valence-electron chi connectivity index (χ3n) is 5.80. The third kappa shape index (κ3) is 7.50. The molecule has 2 aromatic rings. The molecule has 212 valence electrons. The molecule has 0 bridgehead atoms. The van der Waals surface area contributed by atoms with E-state index in [1.54, 1.807) is 0 Å². The molecular formula is C24H17Cl4F7N2O2. The molecule has 1 N–H and O–H groups in total. The summed E-state index contributed by atoms with van der Waals surface area (Å²) in [5.41, 5.74) is -2.70. The van der Waals surface area contributed by atoms with Crippen LogP contribution < -0.4 is 5.32 Å². The molecule has 1 aliphatic carbocycles. The monoisotopic (exact) mass is 638 g/mol. The lowest BCUT2D eigenvalue weighted by atomic mass is 9.96. The first kappa shape index (κ1) is 31.3. The highest BCUT2D eigenvalue weighted by Crippen LogP contribution is 2.42. The van der Waals surface area contributed by atoms with Crippen molar-refractivity contribution in [3.05, 3.63) is 73.2 Å². The number of allylic oxidation sites excluding steroid dienone is 1. The molecule has 0 aromatic heterocycles. The van der Waals surface area contributed by atoms with Crippen molar-refractivity contribution >= 4 is 64.0 Å². The first-order valence-corrected chi connectivity index (χ1v) is 12.4. The fourth-order valence-electron chi connectivity index (χ4n) is 3.73. The van der Waals surface area contributed by atoms with Crippen LogP contribution >= 0.6 is 46.4 Å². The Bertz CT molecular complexity index is 1300. The van der Waals surface area contributed by atoms with Crippen LogP contribution in [0.3, 0.4) is 0 Å². The summed E-state index contributed by atoms with van der Waals surface area (Å²) < 4.78 is 94.2. The number of carbonyl (C=O) groups excluding carboxylic acids is 2. The van der Waals surface area contributed by atoms with Crippen LogP contribution in [0.1, 0.15) is 40.2 Å². The summed E-state index contributed by atoms with van der Waals surface area (Å²) in [7, 11) is 0.944. The van der Waals surface area contributed by atoms with Crippen molar-refractivity contribution in [2.45, 2.75) is 36.7 Å². The van der Waals surface area contributed by atoms with Gasteiger partial charge < -0.3 is 10.2 Å². The number of carbonyl (C=O) groups is 2. The van der Waals surface area contributed by atoms with E-state index < -0.39 is 59.1 Å². The highest BCUT2D eigenvalue weighted by atomic mass is 35.5. The minimum absolute atomic E-state index is 0.0877. The molecule has 1 saturated carbocycles. The van der Waals surface area contributed by atoms with E-state index in [0.29, 0.717) is 4.90 Å². The molecule has 15 heteroatoms. The van der Waals surface area contributed by atoms with Crippen LogP contribution in [-0.4, -0.2) is 48.2 Å². The molecule has 4 nitrogen and oxygen atoms in total. The van der Waals surface area contributed by atoms with Crippen LogP contribution in [0.15, 0.2) is 36.4 Å². The number of hydrogen-bond acceptors (Lipinski definition) is 2. The predicted octanol–water partition coefficient (Wildman–Crippen LogP) is 8.24. The number of amides is 2. The Kier molecular flexibility index (Phi) is 9.11. The summed E-state index contributed by atoms with van der Waals surface area (Å²) in [5, 5.41) is 1.28. The minimum atomic E-state index is -4.95.